The zero-order chi connectivity index (χ0) is 11.8. The van der Waals surface area contributed by atoms with Crippen molar-refractivity contribution < 1.29 is 4.52 Å². The summed E-state index contributed by atoms with van der Waals surface area (Å²) < 4.78 is 5.15. The lowest BCUT2D eigenvalue weighted by atomic mass is 9.73. The van der Waals surface area contributed by atoms with Gasteiger partial charge in [-0.25, -0.2) is 0 Å². The van der Waals surface area contributed by atoms with E-state index in [-0.39, 0.29) is 6.04 Å². The monoisotopic (exact) mass is 223 g/mol. The molecule has 0 aromatic carbocycles. The van der Waals surface area contributed by atoms with Crippen molar-refractivity contribution in [2.24, 2.45) is 11.1 Å². The summed E-state index contributed by atoms with van der Waals surface area (Å²) in [6.07, 6.45) is 4.79. The van der Waals surface area contributed by atoms with Crippen LogP contribution in [0.15, 0.2) is 4.52 Å². The smallest absolute Gasteiger partial charge is 0.243 e. The van der Waals surface area contributed by atoms with Gasteiger partial charge in [-0.15, -0.1) is 0 Å². The predicted molar refractivity (Wildman–Crippen MR) is 61.9 cm³/mol. The van der Waals surface area contributed by atoms with Crippen molar-refractivity contribution in [3.05, 3.63) is 11.7 Å². The molecule has 0 unspecified atom stereocenters. The highest BCUT2D eigenvalue weighted by molar-refractivity contribution is 5.00. The van der Waals surface area contributed by atoms with Crippen molar-refractivity contribution in [2.75, 3.05) is 0 Å². The van der Waals surface area contributed by atoms with Crippen LogP contribution in [0.2, 0.25) is 0 Å². The molecule has 1 saturated carbocycles. The molecule has 2 rings (SSSR count). The molecule has 0 radical (unpaired) electrons. The second-order valence-corrected chi connectivity index (χ2v) is 5.72. The molecule has 0 amide bonds. The van der Waals surface area contributed by atoms with Gasteiger partial charge in [0.15, 0.2) is 5.82 Å². The molecule has 1 aliphatic carbocycles. The Morgan fingerprint density at radius 3 is 2.50 bits per heavy atom. The summed E-state index contributed by atoms with van der Waals surface area (Å²) in [7, 11) is 0. The Bertz CT molecular complexity index is 347. The van der Waals surface area contributed by atoms with Gasteiger partial charge >= 0.3 is 0 Å². The van der Waals surface area contributed by atoms with Gasteiger partial charge in [-0.3, -0.25) is 0 Å². The highest BCUT2D eigenvalue weighted by Crippen LogP contribution is 2.41. The maximum Gasteiger partial charge on any atom is 0.243 e. The Balaban J connectivity index is 2.03. The summed E-state index contributed by atoms with van der Waals surface area (Å²) in [5.74, 6) is 1.87. The van der Waals surface area contributed by atoms with Crippen molar-refractivity contribution >= 4 is 0 Å². The van der Waals surface area contributed by atoms with Crippen LogP contribution in [0.25, 0.3) is 0 Å². The summed E-state index contributed by atoms with van der Waals surface area (Å²) in [6.45, 7) is 6.51. The standard InChI is InChI=1S/C12H21N3O/c1-8(13)11-14-10(15-16-11)9-4-6-12(2,3)7-5-9/h8-9H,4-7,13H2,1-3H3/t8-/m0/s1. The third kappa shape index (κ3) is 2.43. The van der Waals surface area contributed by atoms with Crippen LogP contribution in [0.4, 0.5) is 0 Å². The Kier molecular flexibility index (Phi) is 3.02. The van der Waals surface area contributed by atoms with Gasteiger partial charge in [-0.1, -0.05) is 19.0 Å². The summed E-state index contributed by atoms with van der Waals surface area (Å²) in [5.41, 5.74) is 6.18. The van der Waals surface area contributed by atoms with Crippen molar-refractivity contribution in [3.63, 3.8) is 0 Å². The molecule has 0 spiro atoms. The lowest BCUT2D eigenvalue weighted by Gasteiger charge is -2.32. The van der Waals surface area contributed by atoms with Crippen LogP contribution in [-0.2, 0) is 0 Å². The summed E-state index contributed by atoms with van der Waals surface area (Å²) >= 11 is 0. The minimum absolute atomic E-state index is 0.165. The highest BCUT2D eigenvalue weighted by Gasteiger charge is 2.30. The predicted octanol–water partition coefficient (Wildman–Crippen LogP) is 2.77. The van der Waals surface area contributed by atoms with Crippen LogP contribution in [0.3, 0.4) is 0 Å². The van der Waals surface area contributed by atoms with Crippen LogP contribution in [0, 0.1) is 5.41 Å². The van der Waals surface area contributed by atoms with Crippen molar-refractivity contribution in [1.29, 1.82) is 0 Å². The highest BCUT2D eigenvalue weighted by atomic mass is 16.5. The zero-order valence-corrected chi connectivity index (χ0v) is 10.4. The minimum atomic E-state index is -0.165. The third-order valence-electron chi connectivity index (χ3n) is 3.55. The summed E-state index contributed by atoms with van der Waals surface area (Å²) in [4.78, 5) is 4.38. The van der Waals surface area contributed by atoms with E-state index in [1.165, 1.54) is 12.8 Å². The number of hydrogen-bond acceptors (Lipinski definition) is 4. The van der Waals surface area contributed by atoms with Crippen LogP contribution < -0.4 is 5.73 Å². The van der Waals surface area contributed by atoms with E-state index in [4.69, 9.17) is 10.3 Å². The zero-order valence-electron chi connectivity index (χ0n) is 10.4. The van der Waals surface area contributed by atoms with Crippen molar-refractivity contribution in [1.82, 2.24) is 10.1 Å². The molecular weight excluding hydrogens is 202 g/mol. The normalized spacial score (nSPS) is 23.2. The Labute approximate surface area is 96.6 Å². The molecule has 4 heteroatoms. The van der Waals surface area contributed by atoms with Crippen molar-refractivity contribution in [2.45, 2.75) is 58.4 Å². The van der Waals surface area contributed by atoms with Gasteiger partial charge in [0.25, 0.3) is 0 Å². The molecule has 0 bridgehead atoms. The van der Waals surface area contributed by atoms with Crippen LogP contribution in [0.5, 0.6) is 0 Å². The summed E-state index contributed by atoms with van der Waals surface area (Å²) in [5, 5.41) is 4.04. The number of nitrogens with zero attached hydrogens (tertiary/aromatic N) is 2. The fraction of sp³-hybridized carbons (Fsp3) is 0.833. The molecule has 1 aliphatic rings. The molecular formula is C12H21N3O. The maximum atomic E-state index is 5.70. The number of rotatable bonds is 2. The first kappa shape index (κ1) is 11.6. The number of hydrogen-bond donors (Lipinski definition) is 1. The Hall–Kier alpha value is -0.900. The van der Waals surface area contributed by atoms with E-state index in [2.05, 4.69) is 24.0 Å². The van der Waals surface area contributed by atoms with E-state index >= 15 is 0 Å². The average molecular weight is 223 g/mol. The van der Waals surface area contributed by atoms with Crippen molar-refractivity contribution in [3.8, 4) is 0 Å². The van der Waals surface area contributed by atoms with Crippen LogP contribution >= 0.6 is 0 Å². The Morgan fingerprint density at radius 1 is 1.38 bits per heavy atom. The number of aromatic nitrogens is 2. The van der Waals surface area contributed by atoms with Gasteiger partial charge in [-0.05, 0) is 38.0 Å². The van der Waals surface area contributed by atoms with Gasteiger partial charge in [-0.2, -0.15) is 4.98 Å². The molecule has 1 aromatic heterocycles. The SMILES string of the molecule is C[C@H](N)c1nc(C2CCC(C)(C)CC2)no1. The first-order valence-corrected chi connectivity index (χ1v) is 6.07. The second kappa shape index (κ2) is 4.17. The lowest BCUT2D eigenvalue weighted by Crippen LogP contribution is -2.20. The van der Waals surface area contributed by atoms with E-state index in [9.17, 15) is 0 Å². The van der Waals surface area contributed by atoms with Crippen LogP contribution in [-0.4, -0.2) is 10.1 Å². The number of nitrogens with two attached hydrogens (primary N) is 1. The van der Waals surface area contributed by atoms with E-state index < -0.39 is 0 Å². The van der Waals surface area contributed by atoms with Gasteiger partial charge in [0.05, 0.1) is 6.04 Å². The molecule has 0 aliphatic heterocycles. The topological polar surface area (TPSA) is 64.9 Å². The molecule has 1 fully saturated rings. The fourth-order valence-corrected chi connectivity index (χ4v) is 2.26. The van der Waals surface area contributed by atoms with E-state index in [0.717, 1.165) is 18.7 Å². The molecule has 1 aromatic rings. The average Bonchev–Trinajstić information content (AvgIpc) is 2.66. The molecule has 1 atom stereocenters. The molecule has 1 heterocycles. The molecule has 2 N–H and O–H groups in total. The molecule has 90 valence electrons. The van der Waals surface area contributed by atoms with Crippen LogP contribution in [0.1, 0.15) is 70.1 Å². The van der Waals surface area contributed by atoms with E-state index in [1.54, 1.807) is 0 Å². The van der Waals surface area contributed by atoms with Gasteiger partial charge in [0.2, 0.25) is 5.89 Å². The molecule has 4 nitrogen and oxygen atoms in total. The van der Waals surface area contributed by atoms with Gasteiger partial charge in [0.1, 0.15) is 0 Å². The quantitative estimate of drug-likeness (QED) is 0.837. The second-order valence-electron chi connectivity index (χ2n) is 5.72. The lowest BCUT2D eigenvalue weighted by molar-refractivity contribution is 0.218. The first-order valence-electron chi connectivity index (χ1n) is 6.07. The van der Waals surface area contributed by atoms with Gasteiger partial charge < -0.3 is 10.3 Å². The first-order chi connectivity index (χ1) is 7.48. The fourth-order valence-electron chi connectivity index (χ4n) is 2.26. The van der Waals surface area contributed by atoms with E-state index in [1.807, 2.05) is 6.92 Å². The molecule has 0 saturated heterocycles. The third-order valence-corrected chi connectivity index (χ3v) is 3.55. The largest absolute Gasteiger partial charge is 0.338 e. The van der Waals surface area contributed by atoms with Gasteiger partial charge in [0, 0.05) is 5.92 Å². The maximum absolute atomic E-state index is 5.70. The molecule has 16 heavy (non-hydrogen) atoms. The van der Waals surface area contributed by atoms with E-state index in [0.29, 0.717) is 17.2 Å². The minimum Gasteiger partial charge on any atom is -0.338 e. The summed E-state index contributed by atoms with van der Waals surface area (Å²) in [6, 6.07) is -0.165. The Morgan fingerprint density at radius 2 is 2.00 bits per heavy atom.